The second-order valence-corrected chi connectivity index (χ2v) is 5.04. The standard InChI is InChI=1S/C14H22N2/c1-12-7-9-16(11-12)8-3-5-13-4-2-6-14(15)10-13/h2,4,6,10,12H,3,5,7-9,11,15H2,1H3. The van der Waals surface area contributed by atoms with Crippen LogP contribution in [0.3, 0.4) is 0 Å². The topological polar surface area (TPSA) is 29.3 Å². The normalized spacial score (nSPS) is 21.4. The molecular weight excluding hydrogens is 196 g/mol. The average molecular weight is 218 g/mol. The van der Waals surface area contributed by atoms with E-state index in [1.807, 2.05) is 12.1 Å². The maximum Gasteiger partial charge on any atom is 0.0316 e. The first-order valence-electron chi connectivity index (χ1n) is 6.31. The van der Waals surface area contributed by atoms with Crippen molar-refractivity contribution in [2.75, 3.05) is 25.4 Å². The summed E-state index contributed by atoms with van der Waals surface area (Å²) in [4.78, 5) is 2.58. The van der Waals surface area contributed by atoms with Crippen molar-refractivity contribution in [3.05, 3.63) is 29.8 Å². The van der Waals surface area contributed by atoms with Gasteiger partial charge in [0.15, 0.2) is 0 Å². The molecule has 2 nitrogen and oxygen atoms in total. The Hall–Kier alpha value is -1.02. The molecule has 2 N–H and O–H groups in total. The molecule has 0 aromatic heterocycles. The van der Waals surface area contributed by atoms with E-state index in [0.29, 0.717) is 0 Å². The molecule has 0 aliphatic carbocycles. The molecular formula is C14H22N2. The van der Waals surface area contributed by atoms with Gasteiger partial charge < -0.3 is 10.6 Å². The number of hydrogen-bond donors (Lipinski definition) is 1. The van der Waals surface area contributed by atoms with Gasteiger partial charge in [-0.15, -0.1) is 0 Å². The second-order valence-electron chi connectivity index (χ2n) is 5.04. The van der Waals surface area contributed by atoms with Crippen LogP contribution < -0.4 is 5.73 Å². The Morgan fingerprint density at radius 3 is 3.00 bits per heavy atom. The first-order chi connectivity index (χ1) is 7.74. The smallest absolute Gasteiger partial charge is 0.0316 e. The Balaban J connectivity index is 1.72. The van der Waals surface area contributed by atoms with E-state index in [1.54, 1.807) is 0 Å². The van der Waals surface area contributed by atoms with Gasteiger partial charge in [-0.2, -0.15) is 0 Å². The van der Waals surface area contributed by atoms with Crippen molar-refractivity contribution in [1.82, 2.24) is 4.90 Å². The molecule has 88 valence electrons. The molecule has 0 bridgehead atoms. The SMILES string of the molecule is CC1CCN(CCCc2cccc(N)c2)C1. The number of likely N-dealkylation sites (tertiary alicyclic amines) is 1. The summed E-state index contributed by atoms with van der Waals surface area (Å²) in [7, 11) is 0. The number of nitrogens with zero attached hydrogens (tertiary/aromatic N) is 1. The first-order valence-corrected chi connectivity index (χ1v) is 6.31. The van der Waals surface area contributed by atoms with E-state index in [9.17, 15) is 0 Å². The van der Waals surface area contributed by atoms with E-state index in [0.717, 1.165) is 18.0 Å². The van der Waals surface area contributed by atoms with E-state index in [-0.39, 0.29) is 0 Å². The molecule has 1 unspecified atom stereocenters. The van der Waals surface area contributed by atoms with Crippen molar-refractivity contribution >= 4 is 5.69 Å². The lowest BCUT2D eigenvalue weighted by Gasteiger charge is -2.14. The van der Waals surface area contributed by atoms with Gasteiger partial charge in [0.2, 0.25) is 0 Å². The average Bonchev–Trinajstić information content (AvgIpc) is 2.64. The summed E-state index contributed by atoms with van der Waals surface area (Å²) in [6, 6.07) is 8.25. The van der Waals surface area contributed by atoms with Gasteiger partial charge in [-0.1, -0.05) is 19.1 Å². The van der Waals surface area contributed by atoms with Crippen molar-refractivity contribution < 1.29 is 0 Å². The van der Waals surface area contributed by atoms with Gasteiger partial charge >= 0.3 is 0 Å². The zero-order chi connectivity index (χ0) is 11.4. The van der Waals surface area contributed by atoms with E-state index in [2.05, 4.69) is 24.0 Å². The molecule has 1 fully saturated rings. The fourth-order valence-corrected chi connectivity index (χ4v) is 2.48. The zero-order valence-electron chi connectivity index (χ0n) is 10.2. The maximum absolute atomic E-state index is 5.76. The first kappa shape index (κ1) is 11.5. The van der Waals surface area contributed by atoms with Gasteiger partial charge in [-0.25, -0.2) is 0 Å². The Bertz CT molecular complexity index is 335. The van der Waals surface area contributed by atoms with Crippen molar-refractivity contribution in [2.45, 2.75) is 26.2 Å². The van der Waals surface area contributed by atoms with Crippen LogP contribution in [-0.4, -0.2) is 24.5 Å². The summed E-state index contributed by atoms with van der Waals surface area (Å²) in [6.45, 7) is 6.16. The molecule has 2 heteroatoms. The van der Waals surface area contributed by atoms with Gasteiger partial charge in [-0.05, 0) is 56.0 Å². The second kappa shape index (κ2) is 5.35. The van der Waals surface area contributed by atoms with Crippen LogP contribution in [0.4, 0.5) is 5.69 Å². The van der Waals surface area contributed by atoms with E-state index >= 15 is 0 Å². The van der Waals surface area contributed by atoms with Gasteiger partial charge in [0, 0.05) is 12.2 Å². The third kappa shape index (κ3) is 3.24. The zero-order valence-corrected chi connectivity index (χ0v) is 10.2. The number of aryl methyl sites for hydroxylation is 1. The molecule has 1 aromatic rings. The molecule has 0 spiro atoms. The lowest BCUT2D eigenvalue weighted by Crippen LogP contribution is -2.21. The maximum atomic E-state index is 5.76. The molecule has 1 atom stereocenters. The number of nitrogens with two attached hydrogens (primary N) is 1. The number of hydrogen-bond acceptors (Lipinski definition) is 2. The Labute approximate surface area is 98.4 Å². The van der Waals surface area contributed by atoms with Crippen LogP contribution in [0.2, 0.25) is 0 Å². The van der Waals surface area contributed by atoms with Crippen LogP contribution in [0.5, 0.6) is 0 Å². The Morgan fingerprint density at radius 2 is 2.31 bits per heavy atom. The monoisotopic (exact) mass is 218 g/mol. The van der Waals surface area contributed by atoms with Crippen LogP contribution in [-0.2, 0) is 6.42 Å². The fraction of sp³-hybridized carbons (Fsp3) is 0.571. The fourth-order valence-electron chi connectivity index (χ4n) is 2.48. The molecule has 1 aromatic carbocycles. The Morgan fingerprint density at radius 1 is 1.44 bits per heavy atom. The van der Waals surface area contributed by atoms with Gasteiger partial charge in [0.1, 0.15) is 0 Å². The van der Waals surface area contributed by atoms with Crippen molar-refractivity contribution in [3.63, 3.8) is 0 Å². The number of nitrogen functional groups attached to an aromatic ring is 1. The third-order valence-electron chi connectivity index (χ3n) is 3.40. The van der Waals surface area contributed by atoms with E-state index in [4.69, 9.17) is 5.73 Å². The molecule has 0 amide bonds. The molecule has 0 radical (unpaired) electrons. The quantitative estimate of drug-likeness (QED) is 0.787. The van der Waals surface area contributed by atoms with Crippen LogP contribution in [0.15, 0.2) is 24.3 Å². The third-order valence-corrected chi connectivity index (χ3v) is 3.40. The molecule has 1 aliphatic heterocycles. The summed E-state index contributed by atoms with van der Waals surface area (Å²) < 4.78 is 0. The summed E-state index contributed by atoms with van der Waals surface area (Å²) in [5, 5.41) is 0. The number of benzene rings is 1. The van der Waals surface area contributed by atoms with Crippen molar-refractivity contribution in [3.8, 4) is 0 Å². The van der Waals surface area contributed by atoms with Crippen LogP contribution >= 0.6 is 0 Å². The van der Waals surface area contributed by atoms with Crippen molar-refractivity contribution in [2.24, 2.45) is 5.92 Å². The lowest BCUT2D eigenvalue weighted by molar-refractivity contribution is 0.323. The highest BCUT2D eigenvalue weighted by molar-refractivity contribution is 5.40. The minimum atomic E-state index is 0.882. The minimum Gasteiger partial charge on any atom is -0.399 e. The summed E-state index contributed by atoms with van der Waals surface area (Å²) >= 11 is 0. The molecule has 16 heavy (non-hydrogen) atoms. The summed E-state index contributed by atoms with van der Waals surface area (Å²) in [5.41, 5.74) is 8.01. The molecule has 2 rings (SSSR count). The van der Waals surface area contributed by atoms with Crippen LogP contribution in [0, 0.1) is 5.92 Å². The predicted octanol–water partition coefficient (Wildman–Crippen LogP) is 2.54. The van der Waals surface area contributed by atoms with Crippen LogP contribution in [0.1, 0.15) is 25.3 Å². The Kier molecular flexibility index (Phi) is 3.83. The van der Waals surface area contributed by atoms with Gasteiger partial charge in [0.25, 0.3) is 0 Å². The van der Waals surface area contributed by atoms with Gasteiger partial charge in [-0.3, -0.25) is 0 Å². The predicted molar refractivity (Wildman–Crippen MR) is 69.4 cm³/mol. The van der Waals surface area contributed by atoms with Gasteiger partial charge in [0.05, 0.1) is 0 Å². The molecule has 0 saturated carbocycles. The molecule has 1 saturated heterocycles. The minimum absolute atomic E-state index is 0.882. The number of rotatable bonds is 4. The highest BCUT2D eigenvalue weighted by Crippen LogP contribution is 2.16. The summed E-state index contributed by atoms with van der Waals surface area (Å²) in [6.07, 6.45) is 3.77. The van der Waals surface area contributed by atoms with Crippen molar-refractivity contribution in [1.29, 1.82) is 0 Å². The highest BCUT2D eigenvalue weighted by Gasteiger charge is 2.17. The molecule has 1 heterocycles. The lowest BCUT2D eigenvalue weighted by atomic mass is 10.1. The summed E-state index contributed by atoms with van der Waals surface area (Å²) in [5.74, 6) is 0.896. The highest BCUT2D eigenvalue weighted by atomic mass is 15.1. The molecule has 1 aliphatic rings. The van der Waals surface area contributed by atoms with E-state index in [1.165, 1.54) is 38.0 Å². The largest absolute Gasteiger partial charge is 0.399 e. The van der Waals surface area contributed by atoms with E-state index < -0.39 is 0 Å². The number of anilines is 1. The van der Waals surface area contributed by atoms with Crippen LogP contribution in [0.25, 0.3) is 0 Å².